The van der Waals surface area contributed by atoms with E-state index >= 15 is 0 Å². The van der Waals surface area contributed by atoms with Gasteiger partial charge in [0, 0.05) is 11.5 Å². The van der Waals surface area contributed by atoms with Gasteiger partial charge in [-0.05, 0) is 31.5 Å². The topological polar surface area (TPSA) is 73.6 Å². The summed E-state index contributed by atoms with van der Waals surface area (Å²) in [5, 5.41) is 0.643. The summed E-state index contributed by atoms with van der Waals surface area (Å²) in [6.07, 6.45) is 0. The van der Waals surface area contributed by atoms with Crippen LogP contribution in [0.4, 0.5) is 0 Å². The monoisotopic (exact) mass is 288 g/mol. The SMILES string of the molecule is CC(=O)c1c(OC(=O)C(C)C)ccc2c(C)cc(=O)oc12. The summed E-state index contributed by atoms with van der Waals surface area (Å²) in [5.74, 6) is -1.000. The summed E-state index contributed by atoms with van der Waals surface area (Å²) in [4.78, 5) is 35.2. The summed E-state index contributed by atoms with van der Waals surface area (Å²) >= 11 is 0. The number of aryl methyl sites for hydroxylation is 1. The van der Waals surface area contributed by atoms with Crippen LogP contribution in [0.5, 0.6) is 5.75 Å². The van der Waals surface area contributed by atoms with Gasteiger partial charge in [0.1, 0.15) is 11.3 Å². The van der Waals surface area contributed by atoms with Crippen molar-refractivity contribution in [1.82, 2.24) is 0 Å². The van der Waals surface area contributed by atoms with Crippen LogP contribution < -0.4 is 10.4 Å². The van der Waals surface area contributed by atoms with Crippen molar-refractivity contribution in [3.05, 3.63) is 39.7 Å². The van der Waals surface area contributed by atoms with Crippen LogP contribution in [-0.4, -0.2) is 11.8 Å². The number of hydrogen-bond donors (Lipinski definition) is 0. The van der Waals surface area contributed by atoms with Gasteiger partial charge in [0.15, 0.2) is 11.4 Å². The zero-order valence-electron chi connectivity index (χ0n) is 12.4. The minimum Gasteiger partial charge on any atom is -0.425 e. The van der Waals surface area contributed by atoms with E-state index < -0.39 is 11.6 Å². The molecule has 0 aliphatic heterocycles. The third kappa shape index (κ3) is 2.86. The molecule has 0 bridgehead atoms. The molecule has 21 heavy (non-hydrogen) atoms. The van der Waals surface area contributed by atoms with Crippen molar-refractivity contribution in [1.29, 1.82) is 0 Å². The van der Waals surface area contributed by atoms with E-state index in [2.05, 4.69) is 0 Å². The Kier molecular flexibility index (Phi) is 3.93. The highest BCUT2D eigenvalue weighted by Crippen LogP contribution is 2.30. The predicted molar refractivity (Wildman–Crippen MR) is 77.7 cm³/mol. The lowest BCUT2D eigenvalue weighted by Crippen LogP contribution is -2.16. The summed E-state index contributed by atoms with van der Waals surface area (Å²) in [7, 11) is 0. The van der Waals surface area contributed by atoms with Crippen LogP contribution in [0.1, 0.15) is 36.7 Å². The Labute approximate surface area is 121 Å². The van der Waals surface area contributed by atoms with Gasteiger partial charge < -0.3 is 9.15 Å². The number of hydrogen-bond acceptors (Lipinski definition) is 5. The van der Waals surface area contributed by atoms with Gasteiger partial charge in [0.05, 0.1) is 5.92 Å². The van der Waals surface area contributed by atoms with Crippen molar-refractivity contribution in [2.24, 2.45) is 5.92 Å². The molecule has 1 aromatic heterocycles. The maximum Gasteiger partial charge on any atom is 0.336 e. The van der Waals surface area contributed by atoms with E-state index in [0.717, 1.165) is 0 Å². The highest BCUT2D eigenvalue weighted by molar-refractivity contribution is 6.08. The van der Waals surface area contributed by atoms with Gasteiger partial charge in [-0.15, -0.1) is 0 Å². The molecule has 0 radical (unpaired) electrons. The van der Waals surface area contributed by atoms with E-state index in [9.17, 15) is 14.4 Å². The molecule has 0 amide bonds. The van der Waals surface area contributed by atoms with Crippen molar-refractivity contribution in [3.8, 4) is 5.75 Å². The summed E-state index contributed by atoms with van der Waals surface area (Å²) in [6.45, 7) is 6.48. The number of carbonyl (C=O) groups excluding carboxylic acids is 2. The van der Waals surface area contributed by atoms with Crippen LogP contribution in [0.15, 0.2) is 27.4 Å². The molecule has 1 aromatic carbocycles. The van der Waals surface area contributed by atoms with Crippen LogP contribution in [0, 0.1) is 12.8 Å². The van der Waals surface area contributed by atoms with Crippen LogP contribution >= 0.6 is 0 Å². The smallest absolute Gasteiger partial charge is 0.336 e. The van der Waals surface area contributed by atoms with Gasteiger partial charge in [-0.2, -0.15) is 0 Å². The summed E-state index contributed by atoms with van der Waals surface area (Å²) in [6, 6.07) is 4.57. The third-order valence-corrected chi connectivity index (χ3v) is 3.12. The lowest BCUT2D eigenvalue weighted by Gasteiger charge is -2.12. The fraction of sp³-hybridized carbons (Fsp3) is 0.312. The quantitative estimate of drug-likeness (QED) is 0.376. The van der Waals surface area contributed by atoms with E-state index in [1.807, 2.05) is 0 Å². The van der Waals surface area contributed by atoms with Crippen LogP contribution in [0.2, 0.25) is 0 Å². The number of carbonyl (C=O) groups is 2. The van der Waals surface area contributed by atoms with Crippen molar-refractivity contribution in [2.75, 3.05) is 0 Å². The number of ether oxygens (including phenoxy) is 1. The molecule has 110 valence electrons. The summed E-state index contributed by atoms with van der Waals surface area (Å²) < 4.78 is 10.4. The highest BCUT2D eigenvalue weighted by atomic mass is 16.5. The minimum atomic E-state index is -0.546. The zero-order valence-corrected chi connectivity index (χ0v) is 12.4. The van der Waals surface area contributed by atoms with Crippen LogP contribution in [-0.2, 0) is 4.79 Å². The minimum absolute atomic E-state index is 0.113. The Hall–Kier alpha value is -2.43. The first-order valence-electron chi connectivity index (χ1n) is 6.61. The lowest BCUT2D eigenvalue weighted by molar-refractivity contribution is -0.137. The predicted octanol–water partition coefficient (Wildman–Crippen LogP) is 2.87. The normalized spacial score (nSPS) is 10.9. The van der Waals surface area contributed by atoms with E-state index in [1.54, 1.807) is 32.9 Å². The van der Waals surface area contributed by atoms with Crippen molar-refractivity contribution < 1.29 is 18.7 Å². The fourth-order valence-electron chi connectivity index (χ4n) is 2.01. The molecule has 0 atom stereocenters. The van der Waals surface area contributed by atoms with E-state index in [0.29, 0.717) is 10.9 Å². The fourth-order valence-corrected chi connectivity index (χ4v) is 2.01. The molecule has 0 N–H and O–H groups in total. The second-order valence-corrected chi connectivity index (χ2v) is 5.20. The number of benzene rings is 1. The Balaban J connectivity index is 2.73. The van der Waals surface area contributed by atoms with Crippen molar-refractivity contribution in [3.63, 3.8) is 0 Å². The molecule has 0 aliphatic carbocycles. The highest BCUT2D eigenvalue weighted by Gasteiger charge is 2.20. The standard InChI is InChI=1S/C16H16O5/c1-8(2)16(19)20-12-6-5-11-9(3)7-13(18)21-15(11)14(12)10(4)17/h5-8H,1-4H3. The molecule has 0 fully saturated rings. The largest absolute Gasteiger partial charge is 0.425 e. The number of Topliss-reactive ketones (excluding diaryl/α,β-unsaturated/α-hetero) is 1. The molecular weight excluding hydrogens is 272 g/mol. The molecule has 0 unspecified atom stereocenters. The van der Waals surface area contributed by atoms with E-state index in [-0.39, 0.29) is 28.6 Å². The van der Waals surface area contributed by atoms with Gasteiger partial charge in [-0.3, -0.25) is 9.59 Å². The number of fused-ring (bicyclic) bond motifs is 1. The molecule has 0 saturated heterocycles. The van der Waals surface area contributed by atoms with Crippen LogP contribution in [0.3, 0.4) is 0 Å². The van der Waals surface area contributed by atoms with Gasteiger partial charge in [-0.25, -0.2) is 4.79 Å². The number of rotatable bonds is 3. The molecule has 1 heterocycles. The Bertz CT molecular complexity index is 783. The molecule has 0 aliphatic rings. The van der Waals surface area contributed by atoms with Gasteiger partial charge in [0.25, 0.3) is 0 Å². The molecule has 0 spiro atoms. The van der Waals surface area contributed by atoms with Gasteiger partial charge in [-0.1, -0.05) is 13.8 Å². The first-order chi connectivity index (χ1) is 9.81. The maximum absolute atomic E-state index is 11.9. The number of ketones is 1. The molecule has 2 aromatic rings. The second-order valence-electron chi connectivity index (χ2n) is 5.20. The lowest BCUT2D eigenvalue weighted by atomic mass is 10.0. The average molecular weight is 288 g/mol. The Morgan fingerprint density at radius 3 is 2.48 bits per heavy atom. The van der Waals surface area contributed by atoms with Crippen LogP contribution in [0.25, 0.3) is 11.0 Å². The number of esters is 1. The first-order valence-corrected chi connectivity index (χ1v) is 6.61. The maximum atomic E-state index is 11.9. The molecule has 0 saturated carbocycles. The van der Waals surface area contributed by atoms with E-state index in [1.165, 1.54) is 13.0 Å². The Morgan fingerprint density at radius 2 is 1.90 bits per heavy atom. The molecule has 5 heteroatoms. The third-order valence-electron chi connectivity index (χ3n) is 3.12. The molecule has 2 rings (SSSR count). The van der Waals surface area contributed by atoms with Gasteiger partial charge in [0.2, 0.25) is 0 Å². The summed E-state index contributed by atoms with van der Waals surface area (Å²) in [5.41, 5.74) is 0.421. The second kappa shape index (κ2) is 5.52. The average Bonchev–Trinajstić information content (AvgIpc) is 2.37. The zero-order chi connectivity index (χ0) is 15.7. The first kappa shape index (κ1) is 15.0. The van der Waals surface area contributed by atoms with Crippen molar-refractivity contribution in [2.45, 2.75) is 27.7 Å². The van der Waals surface area contributed by atoms with Gasteiger partial charge >= 0.3 is 11.6 Å². The van der Waals surface area contributed by atoms with Crippen molar-refractivity contribution >= 4 is 22.7 Å². The Morgan fingerprint density at radius 1 is 1.24 bits per heavy atom. The van der Waals surface area contributed by atoms with E-state index in [4.69, 9.17) is 9.15 Å². The molecule has 5 nitrogen and oxygen atoms in total. The molecular formula is C16H16O5.